The van der Waals surface area contributed by atoms with E-state index in [1.54, 1.807) is 48.5 Å². The van der Waals surface area contributed by atoms with Gasteiger partial charge in [0, 0.05) is 5.02 Å². The molecule has 0 aromatic heterocycles. The number of ether oxygens (including phenoxy) is 2. The highest BCUT2D eigenvalue weighted by Gasteiger charge is 2.36. The lowest BCUT2D eigenvalue weighted by Gasteiger charge is -2.26. The standard InChI is InChI=1S/C25H18ClIN2O5/c1-33-21-13-16(12-20(27)22(21)34-14-15-6-5-7-17(26)10-15)11-19-23(30)28-25(32)29(24(19)31)18-8-3-2-4-9-18/h2-13H,14H2,1H3,(H,28,30,32)/b19-11+. The Morgan fingerprint density at radius 3 is 2.50 bits per heavy atom. The van der Waals surface area contributed by atoms with Crippen LogP contribution in [0.5, 0.6) is 11.5 Å². The predicted octanol–water partition coefficient (Wildman–Crippen LogP) is 5.20. The molecule has 1 aliphatic rings. The van der Waals surface area contributed by atoms with Gasteiger partial charge in [0.2, 0.25) is 0 Å². The number of nitrogens with zero attached hydrogens (tertiary/aromatic N) is 1. The zero-order valence-corrected chi connectivity index (χ0v) is 20.8. The zero-order valence-electron chi connectivity index (χ0n) is 17.9. The number of anilines is 1. The van der Waals surface area contributed by atoms with Gasteiger partial charge in [-0.1, -0.05) is 41.9 Å². The largest absolute Gasteiger partial charge is 0.493 e. The normalized spacial score (nSPS) is 14.9. The SMILES string of the molecule is COc1cc(/C=C2\C(=O)NC(=O)N(c3ccccc3)C2=O)cc(I)c1OCc1cccc(Cl)c1. The molecule has 1 N–H and O–H groups in total. The summed E-state index contributed by atoms with van der Waals surface area (Å²) in [5.74, 6) is -0.529. The minimum absolute atomic E-state index is 0.172. The molecule has 0 atom stereocenters. The van der Waals surface area contributed by atoms with Gasteiger partial charge in [-0.05, 0) is 76.2 Å². The van der Waals surface area contributed by atoms with E-state index in [-0.39, 0.29) is 12.2 Å². The van der Waals surface area contributed by atoms with Crippen molar-refractivity contribution in [1.29, 1.82) is 0 Å². The molecule has 0 bridgehead atoms. The van der Waals surface area contributed by atoms with Gasteiger partial charge >= 0.3 is 6.03 Å². The Labute approximate surface area is 214 Å². The first kappa shape index (κ1) is 23.8. The van der Waals surface area contributed by atoms with Gasteiger partial charge in [-0.15, -0.1) is 0 Å². The van der Waals surface area contributed by atoms with Gasteiger partial charge in [0.1, 0.15) is 12.2 Å². The molecule has 34 heavy (non-hydrogen) atoms. The highest BCUT2D eigenvalue weighted by atomic mass is 127. The van der Waals surface area contributed by atoms with Crippen molar-refractivity contribution in [2.45, 2.75) is 6.61 Å². The van der Waals surface area contributed by atoms with Crippen molar-refractivity contribution in [2.75, 3.05) is 12.0 Å². The van der Waals surface area contributed by atoms with E-state index in [0.717, 1.165) is 10.5 Å². The number of nitrogens with one attached hydrogen (secondary N) is 1. The number of benzene rings is 3. The van der Waals surface area contributed by atoms with E-state index in [1.165, 1.54) is 13.2 Å². The van der Waals surface area contributed by atoms with Crippen LogP contribution in [0.2, 0.25) is 5.02 Å². The second kappa shape index (κ2) is 10.3. The monoisotopic (exact) mass is 588 g/mol. The van der Waals surface area contributed by atoms with Crippen LogP contribution >= 0.6 is 34.2 Å². The maximum Gasteiger partial charge on any atom is 0.335 e. The molecule has 0 unspecified atom stereocenters. The Bertz CT molecular complexity index is 1310. The first-order valence-electron chi connectivity index (χ1n) is 10.1. The predicted molar refractivity (Wildman–Crippen MR) is 137 cm³/mol. The fraction of sp³-hybridized carbons (Fsp3) is 0.0800. The minimum atomic E-state index is -0.796. The Balaban J connectivity index is 1.64. The van der Waals surface area contributed by atoms with E-state index in [0.29, 0.717) is 31.3 Å². The van der Waals surface area contributed by atoms with Crippen molar-refractivity contribution >= 4 is 63.8 Å². The van der Waals surface area contributed by atoms with Crippen LogP contribution in [0.1, 0.15) is 11.1 Å². The molecule has 9 heteroatoms. The number of imide groups is 2. The first-order valence-corrected chi connectivity index (χ1v) is 11.5. The van der Waals surface area contributed by atoms with Gasteiger partial charge in [-0.3, -0.25) is 14.9 Å². The third-order valence-corrected chi connectivity index (χ3v) is 5.99. The van der Waals surface area contributed by atoms with Crippen molar-refractivity contribution < 1.29 is 23.9 Å². The van der Waals surface area contributed by atoms with Gasteiger partial charge in [0.05, 0.1) is 16.4 Å². The quantitative estimate of drug-likeness (QED) is 0.243. The van der Waals surface area contributed by atoms with Crippen LogP contribution in [0.25, 0.3) is 6.08 Å². The number of amides is 4. The van der Waals surface area contributed by atoms with Crippen LogP contribution in [0, 0.1) is 3.57 Å². The van der Waals surface area contributed by atoms with Gasteiger partial charge < -0.3 is 9.47 Å². The molecule has 3 aromatic rings. The number of urea groups is 1. The summed E-state index contributed by atoms with van der Waals surface area (Å²) in [6.45, 7) is 0.280. The molecule has 1 fully saturated rings. The second-order valence-electron chi connectivity index (χ2n) is 7.25. The number of carbonyl (C=O) groups is 3. The van der Waals surface area contributed by atoms with E-state index in [1.807, 2.05) is 18.2 Å². The Hall–Kier alpha value is -3.37. The average molecular weight is 589 g/mol. The topological polar surface area (TPSA) is 84.9 Å². The first-order chi connectivity index (χ1) is 16.4. The zero-order chi connectivity index (χ0) is 24.2. The number of hydrogen-bond acceptors (Lipinski definition) is 5. The van der Waals surface area contributed by atoms with Crippen molar-refractivity contribution in [1.82, 2.24) is 5.32 Å². The van der Waals surface area contributed by atoms with E-state index in [9.17, 15) is 14.4 Å². The van der Waals surface area contributed by atoms with Crippen LogP contribution in [0.4, 0.5) is 10.5 Å². The Morgan fingerprint density at radius 2 is 1.79 bits per heavy atom. The van der Waals surface area contributed by atoms with Gasteiger partial charge in [-0.25, -0.2) is 9.69 Å². The molecular weight excluding hydrogens is 571 g/mol. The van der Waals surface area contributed by atoms with E-state index >= 15 is 0 Å². The van der Waals surface area contributed by atoms with E-state index < -0.39 is 17.8 Å². The third kappa shape index (κ3) is 5.07. The number of barbiturate groups is 1. The van der Waals surface area contributed by atoms with Crippen molar-refractivity contribution in [3.05, 3.63) is 92.0 Å². The summed E-state index contributed by atoms with van der Waals surface area (Å²) in [4.78, 5) is 38.8. The molecule has 3 aromatic carbocycles. The van der Waals surface area contributed by atoms with E-state index in [2.05, 4.69) is 27.9 Å². The fourth-order valence-corrected chi connectivity index (χ4v) is 4.38. The molecule has 0 saturated carbocycles. The summed E-state index contributed by atoms with van der Waals surface area (Å²) in [7, 11) is 1.50. The third-order valence-electron chi connectivity index (χ3n) is 4.95. The average Bonchev–Trinajstić information content (AvgIpc) is 2.81. The lowest BCUT2D eigenvalue weighted by molar-refractivity contribution is -0.122. The van der Waals surface area contributed by atoms with Gasteiger partial charge in [0.25, 0.3) is 11.8 Å². The molecule has 1 saturated heterocycles. The molecule has 4 rings (SSSR count). The summed E-state index contributed by atoms with van der Waals surface area (Å²) in [6.07, 6.45) is 1.42. The molecule has 0 spiro atoms. The fourth-order valence-electron chi connectivity index (χ4n) is 3.38. The molecule has 172 valence electrons. The molecule has 1 heterocycles. The summed E-state index contributed by atoms with van der Waals surface area (Å²) >= 11 is 8.13. The lowest BCUT2D eigenvalue weighted by atomic mass is 10.1. The van der Waals surface area contributed by atoms with Crippen LogP contribution in [0.15, 0.2) is 72.3 Å². The molecule has 0 aliphatic carbocycles. The Kier molecular flexibility index (Phi) is 7.18. The summed E-state index contributed by atoms with van der Waals surface area (Å²) in [6, 6.07) is 18.4. The van der Waals surface area contributed by atoms with Crippen LogP contribution in [-0.4, -0.2) is 25.0 Å². The maximum absolute atomic E-state index is 13.1. The highest BCUT2D eigenvalue weighted by Crippen LogP contribution is 2.35. The lowest BCUT2D eigenvalue weighted by Crippen LogP contribution is -2.54. The highest BCUT2D eigenvalue weighted by molar-refractivity contribution is 14.1. The number of para-hydroxylation sites is 1. The van der Waals surface area contributed by atoms with Gasteiger partial charge in [0.15, 0.2) is 11.5 Å². The number of hydrogen-bond donors (Lipinski definition) is 1. The Morgan fingerprint density at radius 1 is 1.03 bits per heavy atom. The molecule has 4 amide bonds. The van der Waals surface area contributed by atoms with Crippen molar-refractivity contribution in [3.63, 3.8) is 0 Å². The second-order valence-corrected chi connectivity index (χ2v) is 8.84. The maximum atomic E-state index is 13.1. The van der Waals surface area contributed by atoms with Crippen LogP contribution in [-0.2, 0) is 16.2 Å². The molecule has 7 nitrogen and oxygen atoms in total. The number of halogens is 2. The summed E-state index contributed by atoms with van der Waals surface area (Å²) in [5.41, 5.74) is 1.62. The minimum Gasteiger partial charge on any atom is -0.493 e. The number of rotatable bonds is 6. The van der Waals surface area contributed by atoms with E-state index in [4.69, 9.17) is 21.1 Å². The summed E-state index contributed by atoms with van der Waals surface area (Å²) in [5, 5.41) is 2.83. The van der Waals surface area contributed by atoms with Crippen LogP contribution < -0.4 is 19.7 Å². The van der Waals surface area contributed by atoms with Crippen molar-refractivity contribution in [3.8, 4) is 11.5 Å². The summed E-state index contributed by atoms with van der Waals surface area (Å²) < 4.78 is 12.2. The van der Waals surface area contributed by atoms with Gasteiger partial charge in [-0.2, -0.15) is 0 Å². The smallest absolute Gasteiger partial charge is 0.335 e. The molecule has 0 radical (unpaired) electrons. The molecular formula is C25H18ClIN2O5. The van der Waals surface area contributed by atoms with Crippen LogP contribution in [0.3, 0.4) is 0 Å². The van der Waals surface area contributed by atoms with Crippen molar-refractivity contribution in [2.24, 2.45) is 0 Å². The number of carbonyl (C=O) groups excluding carboxylic acids is 3. The number of methoxy groups -OCH3 is 1. The molecule has 1 aliphatic heterocycles.